The minimum atomic E-state index is -0.128. The highest BCUT2D eigenvalue weighted by molar-refractivity contribution is 5.93. The van der Waals surface area contributed by atoms with Crippen molar-refractivity contribution in [2.45, 2.75) is 19.9 Å². The van der Waals surface area contributed by atoms with Gasteiger partial charge in [-0.15, -0.1) is 17.5 Å². The summed E-state index contributed by atoms with van der Waals surface area (Å²) in [6.07, 6.45) is 0. The zero-order valence-electron chi connectivity index (χ0n) is 17.3. The molecule has 0 aliphatic carbocycles. The summed E-state index contributed by atoms with van der Waals surface area (Å²) >= 11 is 0. The van der Waals surface area contributed by atoms with E-state index in [4.69, 9.17) is 4.74 Å². The zero-order chi connectivity index (χ0) is 20.4. The molecule has 3 aromatic rings. The molecule has 1 aliphatic heterocycles. The molecule has 0 spiro atoms. The van der Waals surface area contributed by atoms with Crippen LogP contribution in [0.4, 0.5) is 0 Å². The second-order valence-electron chi connectivity index (χ2n) is 7.23. The highest BCUT2D eigenvalue weighted by atomic mass is 35.5. The highest BCUT2D eigenvalue weighted by Crippen LogP contribution is 2.31. The Labute approximate surface area is 182 Å². The molecule has 1 saturated heterocycles. The Morgan fingerprint density at radius 1 is 1.13 bits per heavy atom. The lowest BCUT2D eigenvalue weighted by atomic mass is 10.0. The molecular formula is C22H26ClN5O2. The zero-order valence-corrected chi connectivity index (χ0v) is 18.1. The van der Waals surface area contributed by atoms with Gasteiger partial charge in [0.2, 0.25) is 0 Å². The molecule has 158 valence electrons. The SMILES string of the molecule is COc1ccccc1C1CNCCN1C(=O)c1nnn(-c2ccc(C)cc2)c1C.Cl. The number of methoxy groups -OCH3 is 1. The van der Waals surface area contributed by atoms with Crippen molar-refractivity contribution in [3.63, 3.8) is 0 Å². The number of carbonyl (C=O) groups excluding carboxylic acids is 1. The van der Waals surface area contributed by atoms with Gasteiger partial charge in [0.05, 0.1) is 24.5 Å². The first kappa shape index (κ1) is 21.8. The average molecular weight is 428 g/mol. The number of nitrogens with one attached hydrogen (secondary N) is 1. The fourth-order valence-corrected chi connectivity index (χ4v) is 3.76. The van der Waals surface area contributed by atoms with Gasteiger partial charge >= 0.3 is 0 Å². The normalized spacial score (nSPS) is 16.1. The number of hydrogen-bond donors (Lipinski definition) is 1. The van der Waals surface area contributed by atoms with Crippen LogP contribution in [0.1, 0.15) is 33.4 Å². The lowest BCUT2D eigenvalue weighted by Crippen LogP contribution is -2.49. The van der Waals surface area contributed by atoms with Crippen LogP contribution in [0.15, 0.2) is 48.5 Å². The molecule has 2 heterocycles. The van der Waals surface area contributed by atoms with Crippen LogP contribution in [0.25, 0.3) is 5.69 Å². The summed E-state index contributed by atoms with van der Waals surface area (Å²) in [4.78, 5) is 15.3. The van der Waals surface area contributed by atoms with Gasteiger partial charge in [-0.3, -0.25) is 4.79 Å². The first-order valence-corrected chi connectivity index (χ1v) is 9.74. The lowest BCUT2D eigenvalue weighted by molar-refractivity contribution is 0.0624. The van der Waals surface area contributed by atoms with Crippen molar-refractivity contribution in [2.24, 2.45) is 0 Å². The van der Waals surface area contributed by atoms with Gasteiger partial charge in [-0.05, 0) is 32.0 Å². The van der Waals surface area contributed by atoms with E-state index in [1.54, 1.807) is 11.8 Å². The molecular weight excluding hydrogens is 402 g/mol. The number of hydrogen-bond acceptors (Lipinski definition) is 5. The number of amides is 1. The summed E-state index contributed by atoms with van der Waals surface area (Å²) in [7, 11) is 1.65. The number of halogens is 1. The molecule has 1 aliphatic rings. The van der Waals surface area contributed by atoms with E-state index >= 15 is 0 Å². The molecule has 30 heavy (non-hydrogen) atoms. The number of ether oxygens (including phenoxy) is 1. The van der Waals surface area contributed by atoms with Crippen molar-refractivity contribution in [2.75, 3.05) is 26.7 Å². The van der Waals surface area contributed by atoms with Crippen LogP contribution in [0.3, 0.4) is 0 Å². The average Bonchev–Trinajstić information content (AvgIpc) is 3.15. The van der Waals surface area contributed by atoms with E-state index in [0.717, 1.165) is 29.2 Å². The van der Waals surface area contributed by atoms with Crippen LogP contribution >= 0.6 is 12.4 Å². The predicted octanol–water partition coefficient (Wildman–Crippen LogP) is 3.10. The third-order valence-corrected chi connectivity index (χ3v) is 5.38. The smallest absolute Gasteiger partial charge is 0.276 e. The van der Waals surface area contributed by atoms with Crippen molar-refractivity contribution < 1.29 is 9.53 Å². The van der Waals surface area contributed by atoms with Gasteiger partial charge in [0, 0.05) is 25.2 Å². The molecule has 4 rings (SSSR count). The number of aromatic nitrogens is 3. The van der Waals surface area contributed by atoms with Crippen molar-refractivity contribution in [1.29, 1.82) is 0 Å². The van der Waals surface area contributed by atoms with Crippen LogP contribution in [0, 0.1) is 13.8 Å². The molecule has 1 N–H and O–H groups in total. The van der Waals surface area contributed by atoms with E-state index in [1.807, 2.05) is 67.3 Å². The molecule has 0 bridgehead atoms. The summed E-state index contributed by atoms with van der Waals surface area (Å²) < 4.78 is 7.25. The molecule has 1 atom stereocenters. The Balaban J connectivity index is 0.00000256. The number of piperazine rings is 1. The first-order valence-electron chi connectivity index (χ1n) is 9.74. The molecule has 0 radical (unpaired) electrons. The van der Waals surface area contributed by atoms with Gasteiger partial charge in [-0.2, -0.15) is 0 Å². The maximum absolute atomic E-state index is 13.4. The van der Waals surface area contributed by atoms with Crippen molar-refractivity contribution in [3.05, 3.63) is 71.0 Å². The van der Waals surface area contributed by atoms with Gasteiger partial charge in [0.1, 0.15) is 5.75 Å². The van der Waals surface area contributed by atoms with Gasteiger partial charge in [-0.25, -0.2) is 4.68 Å². The minimum absolute atomic E-state index is 0. The second kappa shape index (κ2) is 9.28. The molecule has 8 heteroatoms. The monoisotopic (exact) mass is 427 g/mol. The third kappa shape index (κ3) is 4.04. The van der Waals surface area contributed by atoms with Crippen LogP contribution in [-0.4, -0.2) is 52.5 Å². The number of aryl methyl sites for hydroxylation is 1. The van der Waals surface area contributed by atoms with Crippen molar-refractivity contribution >= 4 is 18.3 Å². The minimum Gasteiger partial charge on any atom is -0.496 e. The Bertz CT molecular complexity index is 1020. The Morgan fingerprint density at radius 3 is 2.60 bits per heavy atom. The van der Waals surface area contributed by atoms with E-state index in [0.29, 0.717) is 18.8 Å². The summed E-state index contributed by atoms with van der Waals surface area (Å²) in [5.74, 6) is 0.664. The molecule has 1 fully saturated rings. The Hall–Kier alpha value is -2.90. The number of carbonyl (C=O) groups is 1. The van der Waals surface area contributed by atoms with E-state index in [2.05, 4.69) is 15.6 Å². The highest BCUT2D eigenvalue weighted by Gasteiger charge is 2.33. The standard InChI is InChI=1S/C22H25N5O2.ClH/c1-15-8-10-17(11-9-15)27-16(2)21(24-25-27)22(28)26-13-12-23-14-19(26)18-6-4-5-7-20(18)29-3;/h4-11,19,23H,12-14H2,1-3H3;1H. The first-order chi connectivity index (χ1) is 14.1. The van der Waals surface area contributed by atoms with E-state index in [9.17, 15) is 4.79 Å². The van der Waals surface area contributed by atoms with Crippen LogP contribution < -0.4 is 10.1 Å². The van der Waals surface area contributed by atoms with Gasteiger partial charge < -0.3 is 15.0 Å². The quantitative estimate of drug-likeness (QED) is 0.692. The van der Waals surface area contributed by atoms with Gasteiger partial charge in [0.15, 0.2) is 5.69 Å². The molecule has 7 nitrogen and oxygen atoms in total. The van der Waals surface area contributed by atoms with Gasteiger partial charge in [0.25, 0.3) is 5.91 Å². The van der Waals surface area contributed by atoms with Crippen LogP contribution in [0.5, 0.6) is 5.75 Å². The van der Waals surface area contributed by atoms with E-state index < -0.39 is 0 Å². The fraction of sp³-hybridized carbons (Fsp3) is 0.318. The molecule has 1 aromatic heterocycles. The molecule has 0 saturated carbocycles. The Kier molecular flexibility index (Phi) is 6.74. The van der Waals surface area contributed by atoms with Crippen LogP contribution in [0.2, 0.25) is 0 Å². The van der Waals surface area contributed by atoms with E-state index in [1.165, 1.54) is 5.56 Å². The largest absolute Gasteiger partial charge is 0.496 e. The van der Waals surface area contributed by atoms with Crippen molar-refractivity contribution in [1.82, 2.24) is 25.2 Å². The summed E-state index contributed by atoms with van der Waals surface area (Å²) in [6.45, 7) is 5.92. The van der Waals surface area contributed by atoms with E-state index in [-0.39, 0.29) is 24.4 Å². The second-order valence-corrected chi connectivity index (χ2v) is 7.23. The van der Waals surface area contributed by atoms with Crippen LogP contribution in [-0.2, 0) is 0 Å². The third-order valence-electron chi connectivity index (χ3n) is 5.38. The summed E-state index contributed by atoms with van der Waals surface area (Å²) in [5, 5.41) is 11.9. The molecule has 1 amide bonds. The number of rotatable bonds is 4. The Morgan fingerprint density at radius 2 is 1.87 bits per heavy atom. The number of nitrogens with zero attached hydrogens (tertiary/aromatic N) is 4. The lowest BCUT2D eigenvalue weighted by Gasteiger charge is -2.36. The molecule has 2 aromatic carbocycles. The number of benzene rings is 2. The fourth-order valence-electron chi connectivity index (χ4n) is 3.76. The topological polar surface area (TPSA) is 72.3 Å². The predicted molar refractivity (Wildman–Crippen MR) is 118 cm³/mol. The molecule has 1 unspecified atom stereocenters. The summed E-state index contributed by atoms with van der Waals surface area (Å²) in [6, 6.07) is 15.7. The maximum Gasteiger partial charge on any atom is 0.276 e. The maximum atomic E-state index is 13.4. The number of para-hydroxylation sites is 1. The summed E-state index contributed by atoms with van der Waals surface area (Å²) in [5.41, 5.74) is 4.16. The van der Waals surface area contributed by atoms with Gasteiger partial charge in [-0.1, -0.05) is 41.1 Å². The van der Waals surface area contributed by atoms with Crippen molar-refractivity contribution in [3.8, 4) is 11.4 Å².